The van der Waals surface area contributed by atoms with E-state index in [0.717, 1.165) is 51.3 Å². The van der Waals surface area contributed by atoms with Crippen molar-refractivity contribution < 1.29 is 4.79 Å². The molecule has 1 aromatic carbocycles. The number of rotatable bonds is 6. The highest BCUT2D eigenvalue weighted by Crippen LogP contribution is 2.26. The van der Waals surface area contributed by atoms with Crippen molar-refractivity contribution in [1.29, 1.82) is 5.41 Å². The number of hydrogen-bond donors (Lipinski definition) is 2. The molecule has 1 aromatic heterocycles. The number of anilines is 1. The summed E-state index contributed by atoms with van der Waals surface area (Å²) in [6.07, 6.45) is 4.20. The third kappa shape index (κ3) is 4.82. The van der Waals surface area contributed by atoms with Crippen LogP contribution in [0.4, 0.5) is 10.5 Å². The molecule has 2 amide bonds. The molecule has 0 radical (unpaired) electrons. The van der Waals surface area contributed by atoms with Gasteiger partial charge in [-0.3, -0.25) is 15.2 Å². The lowest BCUT2D eigenvalue weighted by atomic mass is 9.95. The fraction of sp³-hybridized carbons (Fsp3) is 0.500. The molecule has 3 N–H and O–H groups in total. The quantitative estimate of drug-likeness (QED) is 0.548. The third-order valence-electron chi connectivity index (χ3n) is 6.07. The summed E-state index contributed by atoms with van der Waals surface area (Å²) in [6, 6.07) is 7.51. The number of nitrogens with one attached hydrogen (secondary N) is 1. The summed E-state index contributed by atoms with van der Waals surface area (Å²) in [5, 5.41) is 9.80. The molecule has 2 fully saturated rings. The average molecular weight is 427 g/mol. The molecule has 8 heteroatoms. The normalized spacial score (nSPS) is 21.2. The number of benzene rings is 1. The van der Waals surface area contributed by atoms with Gasteiger partial charge >= 0.3 is 6.03 Å². The summed E-state index contributed by atoms with van der Waals surface area (Å²) in [5.41, 5.74) is 8.41. The van der Waals surface area contributed by atoms with Gasteiger partial charge in [-0.2, -0.15) is 0 Å². The van der Waals surface area contributed by atoms with E-state index >= 15 is 0 Å². The van der Waals surface area contributed by atoms with Crippen molar-refractivity contribution in [3.63, 3.8) is 0 Å². The van der Waals surface area contributed by atoms with Crippen molar-refractivity contribution in [1.82, 2.24) is 14.2 Å². The minimum atomic E-state index is 0.0243. The lowest BCUT2D eigenvalue weighted by molar-refractivity contribution is 0.131. The van der Waals surface area contributed by atoms with Crippen LogP contribution >= 0.6 is 11.5 Å². The average Bonchev–Trinajstić information content (AvgIpc) is 3.25. The zero-order valence-corrected chi connectivity index (χ0v) is 18.3. The minimum Gasteiger partial charge on any atom is -0.384 e. The molecule has 7 nitrogen and oxygen atoms in total. The number of piperidine rings is 1. The van der Waals surface area contributed by atoms with Crippen LogP contribution in [0.15, 0.2) is 35.8 Å². The Hall–Kier alpha value is -2.45. The van der Waals surface area contributed by atoms with E-state index < -0.39 is 0 Å². The summed E-state index contributed by atoms with van der Waals surface area (Å²) in [6.45, 7) is 7.64. The number of carbonyl (C=O) groups excluding carboxylic acids is 1. The van der Waals surface area contributed by atoms with Crippen molar-refractivity contribution in [3.8, 4) is 0 Å². The number of amidine groups is 1. The predicted octanol–water partition coefficient (Wildman–Crippen LogP) is 3.22. The molecular weight excluding hydrogens is 396 g/mol. The lowest BCUT2D eigenvalue weighted by Crippen LogP contribution is -2.54. The monoisotopic (exact) mass is 426 g/mol. The zero-order valence-electron chi connectivity index (χ0n) is 17.5. The Kier molecular flexibility index (Phi) is 6.34. The molecule has 0 aliphatic carbocycles. The van der Waals surface area contributed by atoms with Crippen molar-refractivity contribution in [2.75, 3.05) is 37.6 Å². The van der Waals surface area contributed by atoms with Crippen LogP contribution in [0.2, 0.25) is 0 Å². The van der Waals surface area contributed by atoms with Gasteiger partial charge in [-0.05, 0) is 67.0 Å². The highest BCUT2D eigenvalue weighted by atomic mass is 32.1. The highest BCUT2D eigenvalue weighted by Gasteiger charge is 2.33. The number of amides is 2. The lowest BCUT2D eigenvalue weighted by Gasteiger charge is -2.42. The van der Waals surface area contributed by atoms with Gasteiger partial charge in [0.05, 0.1) is 0 Å². The summed E-state index contributed by atoms with van der Waals surface area (Å²) in [7, 11) is 0. The number of urea groups is 1. The van der Waals surface area contributed by atoms with Gasteiger partial charge in [-0.25, -0.2) is 9.17 Å². The van der Waals surface area contributed by atoms with E-state index in [2.05, 4.69) is 21.6 Å². The molecule has 2 aromatic rings. The van der Waals surface area contributed by atoms with Crippen LogP contribution in [-0.4, -0.2) is 58.8 Å². The Morgan fingerprint density at radius 2 is 2.10 bits per heavy atom. The summed E-state index contributed by atoms with van der Waals surface area (Å²) < 4.78 is 4.19. The van der Waals surface area contributed by atoms with Gasteiger partial charge in [0, 0.05) is 49.0 Å². The molecule has 1 atom stereocenters. The third-order valence-corrected chi connectivity index (χ3v) is 6.71. The van der Waals surface area contributed by atoms with E-state index in [1.54, 1.807) is 6.07 Å². The molecule has 2 aliphatic rings. The standard InChI is InChI=1S/C22H30N6OS/c1-16-11-27(14-17-5-7-26(8-6-17)13-18-10-25-30-15-18)22(29)28(12-16)20-4-2-3-19(9-20)21(23)24/h2-4,9-10,15-17H,5-8,11-14H2,1H3,(H3,23,24). The maximum absolute atomic E-state index is 13.3. The number of nitrogen functional groups attached to an aromatic ring is 1. The molecule has 2 aliphatic heterocycles. The van der Waals surface area contributed by atoms with Gasteiger partial charge in [0.25, 0.3) is 0 Å². The Labute approximate surface area is 182 Å². The number of likely N-dealkylation sites (tertiary alicyclic amines) is 1. The smallest absolute Gasteiger partial charge is 0.324 e. The second-order valence-electron chi connectivity index (χ2n) is 8.62. The molecule has 0 spiro atoms. The first-order valence-electron chi connectivity index (χ1n) is 10.6. The van der Waals surface area contributed by atoms with Crippen molar-refractivity contribution in [2.24, 2.45) is 17.6 Å². The van der Waals surface area contributed by atoms with Crippen molar-refractivity contribution in [2.45, 2.75) is 26.3 Å². The SMILES string of the molecule is CC1CN(CC2CCN(Cc3cnsc3)CC2)C(=O)N(c2cccc(C(=N)N)c2)C1. The van der Waals surface area contributed by atoms with Gasteiger partial charge in [0.1, 0.15) is 5.84 Å². The molecule has 2 saturated heterocycles. The first-order chi connectivity index (χ1) is 14.5. The topological polar surface area (TPSA) is 89.5 Å². The van der Waals surface area contributed by atoms with Gasteiger partial charge in [-0.1, -0.05) is 19.1 Å². The Morgan fingerprint density at radius 1 is 1.30 bits per heavy atom. The van der Waals surface area contributed by atoms with E-state index in [1.165, 1.54) is 17.1 Å². The van der Waals surface area contributed by atoms with Crippen LogP contribution < -0.4 is 10.6 Å². The number of nitrogens with zero attached hydrogens (tertiary/aromatic N) is 4. The molecule has 0 bridgehead atoms. The zero-order chi connectivity index (χ0) is 21.1. The summed E-state index contributed by atoms with van der Waals surface area (Å²) in [4.78, 5) is 19.6. The van der Waals surface area contributed by atoms with Crippen LogP contribution in [0.5, 0.6) is 0 Å². The van der Waals surface area contributed by atoms with Crippen molar-refractivity contribution in [3.05, 3.63) is 47.0 Å². The maximum atomic E-state index is 13.3. The summed E-state index contributed by atoms with van der Waals surface area (Å²) in [5.74, 6) is 0.965. The van der Waals surface area contributed by atoms with Gasteiger partial charge in [-0.15, -0.1) is 0 Å². The fourth-order valence-corrected chi connectivity index (χ4v) is 5.01. The Morgan fingerprint density at radius 3 is 2.80 bits per heavy atom. The van der Waals surface area contributed by atoms with E-state index in [0.29, 0.717) is 23.9 Å². The largest absolute Gasteiger partial charge is 0.384 e. The molecule has 30 heavy (non-hydrogen) atoms. The van der Waals surface area contributed by atoms with E-state index in [1.807, 2.05) is 34.2 Å². The van der Waals surface area contributed by atoms with Gasteiger partial charge < -0.3 is 10.6 Å². The van der Waals surface area contributed by atoms with Crippen LogP contribution in [0.3, 0.4) is 0 Å². The number of hydrogen-bond acceptors (Lipinski definition) is 5. The molecule has 0 saturated carbocycles. The first kappa shape index (κ1) is 20.8. The van der Waals surface area contributed by atoms with Gasteiger partial charge in [0.2, 0.25) is 0 Å². The maximum Gasteiger partial charge on any atom is 0.324 e. The van der Waals surface area contributed by atoms with E-state index in [9.17, 15) is 4.79 Å². The highest BCUT2D eigenvalue weighted by molar-refractivity contribution is 7.03. The second kappa shape index (κ2) is 9.14. The Bertz CT molecular complexity index is 878. The first-order valence-corrected chi connectivity index (χ1v) is 11.4. The molecule has 1 unspecified atom stereocenters. The summed E-state index contributed by atoms with van der Waals surface area (Å²) >= 11 is 1.51. The fourth-order valence-electron chi connectivity index (χ4n) is 4.48. The molecule has 4 rings (SSSR count). The molecule has 3 heterocycles. The molecule has 160 valence electrons. The Balaban J connectivity index is 1.37. The number of carbonyl (C=O) groups is 1. The molecular formula is C22H30N6OS. The van der Waals surface area contributed by atoms with E-state index in [4.69, 9.17) is 11.1 Å². The number of aromatic nitrogens is 1. The minimum absolute atomic E-state index is 0.0243. The van der Waals surface area contributed by atoms with Crippen molar-refractivity contribution >= 4 is 29.1 Å². The van der Waals surface area contributed by atoms with Crippen LogP contribution in [0, 0.1) is 17.2 Å². The van der Waals surface area contributed by atoms with Crippen LogP contribution in [-0.2, 0) is 6.54 Å². The van der Waals surface area contributed by atoms with Gasteiger partial charge in [0.15, 0.2) is 0 Å². The number of nitrogens with two attached hydrogens (primary N) is 1. The second-order valence-corrected chi connectivity index (χ2v) is 9.28. The van der Waals surface area contributed by atoms with Crippen LogP contribution in [0.25, 0.3) is 0 Å². The van der Waals surface area contributed by atoms with E-state index in [-0.39, 0.29) is 11.9 Å². The van der Waals surface area contributed by atoms with Crippen LogP contribution in [0.1, 0.15) is 30.9 Å². The predicted molar refractivity (Wildman–Crippen MR) is 121 cm³/mol.